The van der Waals surface area contributed by atoms with E-state index in [1.54, 1.807) is 30.8 Å². The smallest absolute Gasteiger partial charge is 0.306 e. The fraction of sp³-hybridized carbons (Fsp3) is 0.333. The third-order valence-electron chi connectivity index (χ3n) is 3.67. The molecule has 25 heavy (non-hydrogen) atoms. The lowest BCUT2D eigenvalue weighted by molar-refractivity contribution is -0.143. The zero-order chi connectivity index (χ0) is 18.4. The van der Waals surface area contributed by atoms with E-state index >= 15 is 0 Å². The van der Waals surface area contributed by atoms with Gasteiger partial charge >= 0.3 is 5.97 Å². The number of hydrogen-bond donors (Lipinski definition) is 2. The molecule has 1 atom stereocenters. The highest BCUT2D eigenvalue weighted by Crippen LogP contribution is 2.34. The van der Waals surface area contributed by atoms with Crippen molar-refractivity contribution in [2.24, 2.45) is 0 Å². The van der Waals surface area contributed by atoms with Gasteiger partial charge in [0, 0.05) is 11.0 Å². The molecule has 134 valence electrons. The Morgan fingerprint density at radius 1 is 1.32 bits per heavy atom. The number of aliphatic hydroxyl groups is 1. The van der Waals surface area contributed by atoms with E-state index in [-0.39, 0.29) is 24.5 Å². The Kier molecular flexibility index (Phi) is 6.66. The Morgan fingerprint density at radius 3 is 2.56 bits per heavy atom. The van der Waals surface area contributed by atoms with E-state index in [2.05, 4.69) is 0 Å². The van der Waals surface area contributed by atoms with Gasteiger partial charge in [-0.05, 0) is 30.9 Å². The Balaban J connectivity index is 2.52. The van der Waals surface area contributed by atoms with E-state index in [9.17, 15) is 19.8 Å². The molecule has 1 aromatic heterocycles. The molecule has 1 heterocycles. The van der Waals surface area contributed by atoms with Gasteiger partial charge in [-0.15, -0.1) is 11.8 Å². The zero-order valence-electron chi connectivity index (χ0n) is 14.0. The molecule has 0 amide bonds. The Morgan fingerprint density at radius 2 is 2.00 bits per heavy atom. The van der Waals surface area contributed by atoms with Crippen LogP contribution in [-0.2, 0) is 16.1 Å². The van der Waals surface area contributed by atoms with Gasteiger partial charge in [0.05, 0.1) is 18.9 Å². The number of esters is 1. The van der Waals surface area contributed by atoms with Gasteiger partial charge < -0.3 is 19.4 Å². The molecule has 6 nitrogen and oxygen atoms in total. The molecule has 2 rings (SSSR count). The molecule has 0 bridgehead atoms. The number of carbonyl (C=O) groups excluding carboxylic acids is 1. The van der Waals surface area contributed by atoms with E-state index in [1.165, 1.54) is 0 Å². The van der Waals surface area contributed by atoms with E-state index in [1.807, 2.05) is 18.4 Å². The molecule has 0 saturated carbocycles. The molecular formula is C18H20O6S. The van der Waals surface area contributed by atoms with Gasteiger partial charge in [0.1, 0.15) is 12.4 Å². The third kappa shape index (κ3) is 4.64. The Bertz CT molecular complexity index is 781. The van der Waals surface area contributed by atoms with Crippen molar-refractivity contribution in [3.8, 4) is 5.75 Å². The lowest BCUT2D eigenvalue weighted by Gasteiger charge is -2.17. The maximum atomic E-state index is 12.0. The van der Waals surface area contributed by atoms with Crippen molar-refractivity contribution in [3.63, 3.8) is 0 Å². The second-order valence-electron chi connectivity index (χ2n) is 5.28. The van der Waals surface area contributed by atoms with Crippen molar-refractivity contribution in [3.05, 3.63) is 57.6 Å². The lowest BCUT2D eigenvalue weighted by atomic mass is 9.92. The first kappa shape index (κ1) is 19.1. The topological polar surface area (TPSA) is 97.0 Å². The van der Waals surface area contributed by atoms with Crippen LogP contribution in [0, 0.1) is 0 Å². The highest BCUT2D eigenvalue weighted by Gasteiger charge is 2.26. The van der Waals surface area contributed by atoms with Gasteiger partial charge in [0.2, 0.25) is 11.2 Å². The minimum atomic E-state index is -0.700. The Labute approximate surface area is 149 Å². The molecule has 0 aliphatic carbocycles. The highest BCUT2D eigenvalue weighted by atomic mass is 32.2. The van der Waals surface area contributed by atoms with Crippen LogP contribution in [0.5, 0.6) is 5.75 Å². The molecule has 0 radical (unpaired) electrons. The molecule has 0 aliphatic rings. The van der Waals surface area contributed by atoms with Crippen molar-refractivity contribution in [1.82, 2.24) is 0 Å². The first-order chi connectivity index (χ1) is 12.0. The van der Waals surface area contributed by atoms with Crippen molar-refractivity contribution in [2.75, 3.05) is 12.9 Å². The Hall–Kier alpha value is -2.25. The zero-order valence-corrected chi connectivity index (χ0v) is 14.8. The van der Waals surface area contributed by atoms with E-state index in [0.29, 0.717) is 5.56 Å². The number of carbonyl (C=O) groups is 1. The lowest BCUT2D eigenvalue weighted by Crippen LogP contribution is -2.15. The summed E-state index contributed by atoms with van der Waals surface area (Å²) < 4.78 is 10.5. The average molecular weight is 364 g/mol. The number of aromatic hydroxyl groups is 1. The highest BCUT2D eigenvalue weighted by molar-refractivity contribution is 7.98. The van der Waals surface area contributed by atoms with Crippen LogP contribution in [0.3, 0.4) is 0 Å². The number of benzene rings is 1. The number of rotatable bonds is 7. The summed E-state index contributed by atoms with van der Waals surface area (Å²) in [4.78, 5) is 25.0. The summed E-state index contributed by atoms with van der Waals surface area (Å²) in [6.45, 7) is 1.44. The quantitative estimate of drug-likeness (QED) is 0.576. The molecule has 0 aliphatic heterocycles. The molecular weight excluding hydrogens is 344 g/mol. The van der Waals surface area contributed by atoms with Gasteiger partial charge in [0.25, 0.3) is 0 Å². The minimum Gasteiger partial charge on any atom is -0.502 e. The van der Waals surface area contributed by atoms with Gasteiger partial charge in [-0.3, -0.25) is 9.59 Å². The van der Waals surface area contributed by atoms with E-state index in [4.69, 9.17) is 9.15 Å². The van der Waals surface area contributed by atoms with Crippen LogP contribution in [0.25, 0.3) is 0 Å². The summed E-state index contributed by atoms with van der Waals surface area (Å²) in [6.07, 6.45) is 1.85. The molecule has 0 saturated heterocycles. The van der Waals surface area contributed by atoms with Crippen molar-refractivity contribution >= 4 is 17.7 Å². The van der Waals surface area contributed by atoms with Crippen LogP contribution in [0.1, 0.15) is 36.3 Å². The molecule has 0 unspecified atom stereocenters. The van der Waals surface area contributed by atoms with Crippen molar-refractivity contribution in [1.29, 1.82) is 0 Å². The van der Waals surface area contributed by atoms with Crippen LogP contribution in [-0.4, -0.2) is 29.0 Å². The summed E-state index contributed by atoms with van der Waals surface area (Å²) in [7, 11) is 0. The fourth-order valence-corrected chi connectivity index (χ4v) is 2.86. The van der Waals surface area contributed by atoms with Crippen LogP contribution in [0.2, 0.25) is 0 Å². The summed E-state index contributed by atoms with van der Waals surface area (Å²) in [5.41, 5.74) is 0.0271. The van der Waals surface area contributed by atoms with Crippen molar-refractivity contribution in [2.45, 2.75) is 30.8 Å². The monoisotopic (exact) mass is 364 g/mol. The SMILES string of the molecule is CCOC(=O)C[C@H](c1ccc(SC)cc1)c1oc(CO)cc(=O)c1O. The molecule has 0 spiro atoms. The summed E-state index contributed by atoms with van der Waals surface area (Å²) in [5, 5.41) is 19.4. The molecule has 2 N–H and O–H groups in total. The molecule has 2 aromatic rings. The van der Waals surface area contributed by atoms with Crippen LogP contribution in [0.15, 0.2) is 44.4 Å². The molecule has 0 fully saturated rings. The maximum Gasteiger partial charge on any atom is 0.306 e. The predicted molar refractivity (Wildman–Crippen MR) is 93.9 cm³/mol. The van der Waals surface area contributed by atoms with Crippen molar-refractivity contribution < 1.29 is 24.2 Å². The first-order valence-electron chi connectivity index (χ1n) is 7.76. The third-order valence-corrected chi connectivity index (χ3v) is 4.41. The molecule has 1 aromatic carbocycles. The van der Waals surface area contributed by atoms with E-state index in [0.717, 1.165) is 11.0 Å². The van der Waals surface area contributed by atoms with Crippen LogP contribution < -0.4 is 5.43 Å². The maximum absolute atomic E-state index is 12.0. The number of hydrogen-bond acceptors (Lipinski definition) is 7. The fourth-order valence-electron chi connectivity index (χ4n) is 2.45. The van der Waals surface area contributed by atoms with Crippen LogP contribution in [0.4, 0.5) is 0 Å². The summed E-state index contributed by atoms with van der Waals surface area (Å²) in [5.74, 6) is -1.78. The van der Waals surface area contributed by atoms with Gasteiger partial charge in [-0.25, -0.2) is 0 Å². The summed E-state index contributed by atoms with van der Waals surface area (Å²) in [6, 6.07) is 8.39. The number of thioether (sulfide) groups is 1. The average Bonchev–Trinajstić information content (AvgIpc) is 2.62. The van der Waals surface area contributed by atoms with E-state index < -0.39 is 29.7 Å². The van der Waals surface area contributed by atoms with Crippen LogP contribution >= 0.6 is 11.8 Å². The standard InChI is InChI=1S/C18H20O6S/c1-3-23-16(21)9-14(11-4-6-13(25-2)7-5-11)18-17(22)15(20)8-12(10-19)24-18/h4-8,14,19,22H,3,9-10H2,1-2H3/t14-/m1/s1. The number of ether oxygens (including phenoxy) is 1. The minimum absolute atomic E-state index is 0.0207. The summed E-state index contributed by atoms with van der Waals surface area (Å²) >= 11 is 1.57. The predicted octanol–water partition coefficient (Wildman–Crippen LogP) is 2.64. The molecule has 7 heteroatoms. The van der Waals surface area contributed by atoms with Gasteiger partial charge in [0.15, 0.2) is 5.76 Å². The largest absolute Gasteiger partial charge is 0.502 e. The second kappa shape index (κ2) is 8.73. The number of aliphatic hydroxyl groups excluding tert-OH is 1. The second-order valence-corrected chi connectivity index (χ2v) is 6.16. The normalized spacial score (nSPS) is 12.0. The van der Waals surface area contributed by atoms with Gasteiger partial charge in [-0.2, -0.15) is 0 Å². The first-order valence-corrected chi connectivity index (χ1v) is 8.98. The van der Waals surface area contributed by atoms with Gasteiger partial charge in [-0.1, -0.05) is 12.1 Å².